The van der Waals surface area contributed by atoms with Crippen LogP contribution in [0.25, 0.3) is 5.57 Å². The predicted octanol–water partition coefficient (Wildman–Crippen LogP) is 5.55. The average molecular weight is 415 g/mol. The zero-order chi connectivity index (χ0) is 20.1. The Hall–Kier alpha value is -2.27. The maximum absolute atomic E-state index is 6.08. The number of ether oxygens (including phenoxy) is 1. The fourth-order valence-corrected chi connectivity index (χ4v) is 6.14. The first kappa shape index (κ1) is 18.5. The van der Waals surface area contributed by atoms with E-state index in [1.54, 1.807) is 5.57 Å². The number of aromatic nitrogens is 1. The molecule has 3 nitrogen and oxygen atoms in total. The van der Waals surface area contributed by atoms with Crippen LogP contribution in [0.2, 0.25) is 0 Å². The van der Waals surface area contributed by atoms with E-state index in [0.717, 1.165) is 38.9 Å². The Kier molecular flexibility index (Phi) is 4.59. The van der Waals surface area contributed by atoms with Crippen molar-refractivity contribution in [3.63, 3.8) is 0 Å². The number of fused-ring (bicyclic) bond motifs is 4. The van der Waals surface area contributed by atoms with E-state index < -0.39 is 0 Å². The number of benzene rings is 1. The molecule has 1 aliphatic carbocycles. The highest BCUT2D eigenvalue weighted by Crippen LogP contribution is 2.50. The number of aryl methyl sites for hydroxylation is 1. The van der Waals surface area contributed by atoms with Crippen LogP contribution in [0.4, 0.5) is 0 Å². The highest BCUT2D eigenvalue weighted by molar-refractivity contribution is 7.10. The van der Waals surface area contributed by atoms with E-state index in [9.17, 15) is 0 Å². The van der Waals surface area contributed by atoms with Gasteiger partial charge in [-0.15, -0.1) is 11.3 Å². The summed E-state index contributed by atoms with van der Waals surface area (Å²) in [5, 5.41) is 2.25. The lowest BCUT2D eigenvalue weighted by atomic mass is 9.83. The van der Waals surface area contributed by atoms with Gasteiger partial charge in [0.2, 0.25) is 0 Å². The van der Waals surface area contributed by atoms with Gasteiger partial charge in [-0.25, -0.2) is 0 Å². The monoisotopic (exact) mass is 414 g/mol. The van der Waals surface area contributed by atoms with E-state index >= 15 is 0 Å². The zero-order valence-electron chi connectivity index (χ0n) is 17.3. The summed E-state index contributed by atoms with van der Waals surface area (Å²) in [6.07, 6.45) is 7.90. The Morgan fingerprint density at radius 3 is 2.83 bits per heavy atom. The second kappa shape index (κ2) is 7.45. The number of epoxide rings is 1. The van der Waals surface area contributed by atoms with Gasteiger partial charge in [0.25, 0.3) is 0 Å². The second-order valence-corrected chi connectivity index (χ2v) is 9.73. The number of hydrogen-bond donors (Lipinski definition) is 0. The lowest BCUT2D eigenvalue weighted by Crippen LogP contribution is -2.30. The molecular weight excluding hydrogens is 388 g/mol. The van der Waals surface area contributed by atoms with Gasteiger partial charge in [-0.2, -0.15) is 0 Å². The molecule has 0 N–H and O–H groups in total. The third-order valence-corrected chi connectivity index (χ3v) is 7.64. The van der Waals surface area contributed by atoms with Crippen LogP contribution in [-0.4, -0.2) is 29.1 Å². The fraction of sp³-hybridized carbons (Fsp3) is 0.346. The summed E-state index contributed by atoms with van der Waals surface area (Å²) in [4.78, 5) is 8.37. The maximum Gasteiger partial charge on any atom is 0.119 e. The van der Waals surface area contributed by atoms with Gasteiger partial charge >= 0.3 is 0 Å². The molecule has 2 atom stereocenters. The van der Waals surface area contributed by atoms with Crippen molar-refractivity contribution < 1.29 is 4.74 Å². The van der Waals surface area contributed by atoms with Crippen molar-refractivity contribution in [2.45, 2.75) is 44.9 Å². The van der Waals surface area contributed by atoms with Crippen molar-refractivity contribution >= 4 is 16.9 Å². The molecule has 1 aromatic carbocycles. The Morgan fingerprint density at radius 1 is 1.10 bits per heavy atom. The fourth-order valence-electron chi connectivity index (χ4n) is 5.15. The van der Waals surface area contributed by atoms with Crippen molar-refractivity contribution in [2.24, 2.45) is 0 Å². The van der Waals surface area contributed by atoms with Crippen LogP contribution >= 0.6 is 11.3 Å². The molecule has 4 heterocycles. The summed E-state index contributed by atoms with van der Waals surface area (Å²) in [5.41, 5.74) is 9.96. The lowest BCUT2D eigenvalue weighted by molar-refractivity contribution is 0.248. The first-order valence-electron chi connectivity index (χ1n) is 10.9. The molecule has 4 heteroatoms. The standard InChI is InChI=1S/C26H26N2OS/c1-17-12-18(15-27-14-17)16-28-9-6-19(7-10-28)24-21-5-3-2-4-20(21)13-23-25(29-23)26-22(24)8-11-30-26/h2-5,8,11-12,14-15,23,25H,6-7,9-10,13,16H2,1H3. The average Bonchev–Trinajstić information content (AvgIpc) is 3.33. The van der Waals surface area contributed by atoms with Crippen LogP contribution in [0.1, 0.15) is 51.6 Å². The largest absolute Gasteiger partial charge is 0.363 e. The van der Waals surface area contributed by atoms with Gasteiger partial charge in [0, 0.05) is 43.3 Å². The van der Waals surface area contributed by atoms with E-state index in [-0.39, 0.29) is 0 Å². The number of thiophene rings is 1. The number of hydrogen-bond acceptors (Lipinski definition) is 4. The SMILES string of the molecule is Cc1cncc(CN2CCC(=C3c4ccccc4CC4OC4c4sccc43)CC2)c1. The molecule has 0 amide bonds. The van der Waals surface area contributed by atoms with Crippen LogP contribution in [0.3, 0.4) is 0 Å². The third-order valence-electron chi connectivity index (χ3n) is 6.66. The van der Waals surface area contributed by atoms with Gasteiger partial charge in [0.05, 0.1) is 6.10 Å². The summed E-state index contributed by atoms with van der Waals surface area (Å²) in [6, 6.07) is 13.6. The molecule has 152 valence electrons. The topological polar surface area (TPSA) is 28.7 Å². The summed E-state index contributed by atoms with van der Waals surface area (Å²) in [6.45, 7) is 5.33. The number of likely N-dealkylation sites (tertiary alicyclic amines) is 1. The number of pyridine rings is 1. The second-order valence-electron chi connectivity index (χ2n) is 8.78. The molecule has 2 unspecified atom stereocenters. The summed E-state index contributed by atoms with van der Waals surface area (Å²) >= 11 is 1.87. The van der Waals surface area contributed by atoms with Crippen LogP contribution in [0.5, 0.6) is 0 Å². The molecule has 6 rings (SSSR count). The summed E-state index contributed by atoms with van der Waals surface area (Å²) in [7, 11) is 0. The Morgan fingerprint density at radius 2 is 1.97 bits per heavy atom. The summed E-state index contributed by atoms with van der Waals surface area (Å²) < 4.78 is 6.08. The Balaban J connectivity index is 1.33. The molecule has 2 saturated heterocycles. The molecule has 0 bridgehead atoms. The van der Waals surface area contributed by atoms with Gasteiger partial charge < -0.3 is 4.74 Å². The smallest absolute Gasteiger partial charge is 0.119 e. The zero-order valence-corrected chi connectivity index (χ0v) is 18.1. The minimum absolute atomic E-state index is 0.304. The Labute approximate surface area is 182 Å². The molecular formula is C26H26N2OS. The highest BCUT2D eigenvalue weighted by atomic mass is 32.1. The minimum Gasteiger partial charge on any atom is -0.363 e. The first-order valence-corrected chi connectivity index (χ1v) is 11.8. The Bertz CT molecular complexity index is 1120. The van der Waals surface area contributed by atoms with E-state index in [1.165, 1.54) is 38.3 Å². The van der Waals surface area contributed by atoms with Crippen molar-refractivity contribution in [1.29, 1.82) is 0 Å². The normalized spacial score (nSPS) is 23.2. The molecule has 0 spiro atoms. The summed E-state index contributed by atoms with van der Waals surface area (Å²) in [5.74, 6) is 0. The third kappa shape index (κ3) is 3.33. The van der Waals surface area contributed by atoms with E-state index in [0.29, 0.717) is 12.2 Å². The molecule has 3 aromatic rings. The van der Waals surface area contributed by atoms with Crippen LogP contribution in [0.15, 0.2) is 59.7 Å². The number of nitrogens with zero attached hydrogens (tertiary/aromatic N) is 2. The van der Waals surface area contributed by atoms with Gasteiger partial charge in [0.15, 0.2) is 0 Å². The van der Waals surface area contributed by atoms with Crippen LogP contribution < -0.4 is 0 Å². The van der Waals surface area contributed by atoms with Crippen LogP contribution in [-0.2, 0) is 17.7 Å². The molecule has 30 heavy (non-hydrogen) atoms. The molecule has 2 fully saturated rings. The van der Waals surface area contributed by atoms with E-state index in [1.807, 2.05) is 23.7 Å². The maximum atomic E-state index is 6.08. The van der Waals surface area contributed by atoms with Crippen molar-refractivity contribution in [3.05, 3.63) is 92.4 Å². The lowest BCUT2D eigenvalue weighted by Gasteiger charge is -2.31. The minimum atomic E-state index is 0.304. The quantitative estimate of drug-likeness (QED) is 0.515. The molecule has 2 aromatic heterocycles. The predicted molar refractivity (Wildman–Crippen MR) is 122 cm³/mol. The van der Waals surface area contributed by atoms with Gasteiger partial charge in [-0.05, 0) is 64.6 Å². The highest BCUT2D eigenvalue weighted by Gasteiger charge is 2.44. The number of piperidine rings is 1. The van der Waals surface area contributed by atoms with Crippen molar-refractivity contribution in [2.75, 3.05) is 13.1 Å². The molecule has 3 aliphatic rings. The van der Waals surface area contributed by atoms with Gasteiger partial charge in [0.1, 0.15) is 6.10 Å². The first-order chi connectivity index (χ1) is 14.8. The van der Waals surface area contributed by atoms with Gasteiger partial charge in [-0.1, -0.05) is 35.9 Å². The van der Waals surface area contributed by atoms with Crippen LogP contribution in [0, 0.1) is 6.92 Å². The van der Waals surface area contributed by atoms with E-state index in [4.69, 9.17) is 4.74 Å². The number of rotatable bonds is 2. The van der Waals surface area contributed by atoms with Crippen molar-refractivity contribution in [1.82, 2.24) is 9.88 Å². The molecule has 0 radical (unpaired) electrons. The van der Waals surface area contributed by atoms with E-state index in [2.05, 4.69) is 58.6 Å². The molecule has 2 aliphatic heterocycles. The van der Waals surface area contributed by atoms with Crippen molar-refractivity contribution in [3.8, 4) is 0 Å². The molecule has 0 saturated carbocycles. The van der Waals surface area contributed by atoms with Gasteiger partial charge in [-0.3, -0.25) is 9.88 Å².